The summed E-state index contributed by atoms with van der Waals surface area (Å²) in [4.78, 5) is 15.6. The van der Waals surface area contributed by atoms with Crippen LogP contribution in [0.25, 0.3) is 117 Å². The lowest BCUT2D eigenvalue weighted by Gasteiger charge is -2.11. The van der Waals surface area contributed by atoms with Crippen LogP contribution in [0.2, 0.25) is 0 Å². The number of rotatable bonds is 5. The summed E-state index contributed by atoms with van der Waals surface area (Å²) in [6.07, 6.45) is 0. The van der Waals surface area contributed by atoms with Gasteiger partial charge in [-0.25, -0.2) is 4.98 Å². The molecule has 0 amide bonds. The van der Waals surface area contributed by atoms with Crippen LogP contribution in [-0.4, -0.2) is 19.5 Å². The molecular formula is C51H30N4O2. The van der Waals surface area contributed by atoms with Crippen LogP contribution in [0, 0.1) is 0 Å². The van der Waals surface area contributed by atoms with Crippen LogP contribution >= 0.6 is 0 Å². The van der Waals surface area contributed by atoms with Gasteiger partial charge in [-0.1, -0.05) is 133 Å². The molecule has 12 rings (SSSR count). The van der Waals surface area contributed by atoms with Gasteiger partial charge in [-0.2, -0.15) is 9.97 Å². The molecule has 0 N–H and O–H groups in total. The first-order valence-electron chi connectivity index (χ1n) is 19.0. The number of nitrogens with zero attached hydrogens (tertiary/aromatic N) is 4. The molecule has 0 radical (unpaired) electrons. The Morgan fingerprint density at radius 2 is 0.965 bits per heavy atom. The summed E-state index contributed by atoms with van der Waals surface area (Å²) in [6.45, 7) is 0. The summed E-state index contributed by atoms with van der Waals surface area (Å²) < 4.78 is 15.1. The lowest BCUT2D eigenvalue weighted by Crippen LogP contribution is -2.06. The quantitative estimate of drug-likeness (QED) is 0.176. The Morgan fingerprint density at radius 3 is 1.77 bits per heavy atom. The van der Waals surface area contributed by atoms with E-state index in [0.717, 1.165) is 99.1 Å². The van der Waals surface area contributed by atoms with E-state index in [9.17, 15) is 0 Å². The van der Waals surface area contributed by atoms with Gasteiger partial charge in [-0.05, 0) is 64.7 Å². The van der Waals surface area contributed by atoms with Gasteiger partial charge in [0, 0.05) is 49.5 Å². The molecule has 0 fully saturated rings. The van der Waals surface area contributed by atoms with Crippen LogP contribution in [-0.2, 0) is 0 Å². The maximum absolute atomic E-state index is 6.54. The Kier molecular flexibility index (Phi) is 6.83. The Labute approximate surface area is 325 Å². The zero-order chi connectivity index (χ0) is 37.5. The van der Waals surface area contributed by atoms with Gasteiger partial charge in [0.05, 0.1) is 11.0 Å². The molecule has 6 heteroatoms. The molecule has 0 atom stereocenters. The van der Waals surface area contributed by atoms with Crippen molar-refractivity contribution in [1.82, 2.24) is 19.5 Å². The van der Waals surface area contributed by atoms with E-state index in [1.54, 1.807) is 0 Å². The molecule has 0 aliphatic rings. The molecule has 0 saturated heterocycles. The van der Waals surface area contributed by atoms with E-state index in [-0.39, 0.29) is 0 Å². The molecule has 266 valence electrons. The normalized spacial score (nSPS) is 11.9. The van der Waals surface area contributed by atoms with Gasteiger partial charge in [-0.3, -0.25) is 4.57 Å². The van der Waals surface area contributed by atoms with E-state index in [2.05, 4.69) is 114 Å². The Morgan fingerprint density at radius 1 is 0.333 bits per heavy atom. The number of furan rings is 2. The molecule has 6 nitrogen and oxygen atoms in total. The van der Waals surface area contributed by atoms with Gasteiger partial charge in [-0.15, -0.1) is 0 Å². The van der Waals surface area contributed by atoms with Gasteiger partial charge < -0.3 is 8.83 Å². The average molecular weight is 731 g/mol. The van der Waals surface area contributed by atoms with Crippen LogP contribution in [0.4, 0.5) is 0 Å². The molecule has 0 unspecified atom stereocenters. The SMILES string of the molecule is c1ccc(-c2ccc3c(c2)c2cc4c(cc2n3-c2nc(-c3ccccc3)nc(-c3ccc5c(c3)oc3cccc(-c6ccccc6)c35)n2)oc2ccccc24)cc1. The smallest absolute Gasteiger partial charge is 0.238 e. The van der Waals surface area contributed by atoms with Gasteiger partial charge >= 0.3 is 0 Å². The fourth-order valence-corrected chi connectivity index (χ4v) is 8.40. The summed E-state index contributed by atoms with van der Waals surface area (Å²) in [5, 5.41) is 6.46. The summed E-state index contributed by atoms with van der Waals surface area (Å²) in [6, 6.07) is 62.7. The summed E-state index contributed by atoms with van der Waals surface area (Å²) in [5.41, 5.74) is 11.5. The van der Waals surface area contributed by atoms with E-state index in [4.69, 9.17) is 23.8 Å². The predicted octanol–water partition coefficient (Wildman–Crippen LogP) is 13.4. The number of para-hydroxylation sites is 1. The fourth-order valence-electron chi connectivity index (χ4n) is 8.40. The second-order valence-corrected chi connectivity index (χ2v) is 14.4. The number of benzene rings is 8. The minimum atomic E-state index is 0.512. The van der Waals surface area contributed by atoms with Crippen LogP contribution in [0.3, 0.4) is 0 Å². The van der Waals surface area contributed by atoms with Crippen molar-refractivity contribution in [2.75, 3.05) is 0 Å². The highest BCUT2D eigenvalue weighted by Gasteiger charge is 2.21. The Hall–Kier alpha value is -7.83. The molecule has 4 heterocycles. The Balaban J connectivity index is 1.11. The van der Waals surface area contributed by atoms with Crippen LogP contribution in [0.5, 0.6) is 0 Å². The molecule has 0 bridgehead atoms. The Bertz CT molecular complexity index is 3510. The fraction of sp³-hybridized carbons (Fsp3) is 0. The molecule has 12 aromatic rings. The highest BCUT2D eigenvalue weighted by molar-refractivity contribution is 6.18. The lowest BCUT2D eigenvalue weighted by atomic mass is 9.99. The van der Waals surface area contributed by atoms with E-state index >= 15 is 0 Å². The minimum absolute atomic E-state index is 0.512. The van der Waals surface area contributed by atoms with Gasteiger partial charge in [0.2, 0.25) is 5.95 Å². The zero-order valence-corrected chi connectivity index (χ0v) is 30.4. The topological polar surface area (TPSA) is 69.9 Å². The monoisotopic (exact) mass is 730 g/mol. The van der Waals surface area contributed by atoms with E-state index in [1.165, 1.54) is 0 Å². The van der Waals surface area contributed by atoms with Crippen molar-refractivity contribution in [3.8, 4) is 51.0 Å². The molecular weight excluding hydrogens is 701 g/mol. The van der Waals surface area contributed by atoms with E-state index in [1.807, 2.05) is 72.8 Å². The molecule has 0 aliphatic carbocycles. The first kappa shape index (κ1) is 31.5. The maximum Gasteiger partial charge on any atom is 0.238 e. The zero-order valence-electron chi connectivity index (χ0n) is 30.4. The van der Waals surface area contributed by atoms with Gasteiger partial charge in [0.15, 0.2) is 11.6 Å². The van der Waals surface area contributed by atoms with Gasteiger partial charge in [0.1, 0.15) is 22.3 Å². The second kappa shape index (κ2) is 12.3. The van der Waals surface area contributed by atoms with Crippen LogP contribution < -0.4 is 0 Å². The second-order valence-electron chi connectivity index (χ2n) is 14.4. The molecule has 0 saturated carbocycles. The molecule has 57 heavy (non-hydrogen) atoms. The summed E-state index contributed by atoms with van der Waals surface area (Å²) >= 11 is 0. The van der Waals surface area contributed by atoms with Crippen LogP contribution in [0.1, 0.15) is 0 Å². The maximum atomic E-state index is 6.54. The molecule has 8 aromatic carbocycles. The van der Waals surface area contributed by atoms with E-state index in [0.29, 0.717) is 17.6 Å². The average Bonchev–Trinajstić information content (AvgIpc) is 3.94. The molecule has 0 aliphatic heterocycles. The minimum Gasteiger partial charge on any atom is -0.456 e. The lowest BCUT2D eigenvalue weighted by molar-refractivity contribution is 0.668. The largest absolute Gasteiger partial charge is 0.456 e. The van der Waals surface area contributed by atoms with Crippen molar-refractivity contribution in [3.05, 3.63) is 182 Å². The number of aromatic nitrogens is 4. The predicted molar refractivity (Wildman–Crippen MR) is 230 cm³/mol. The third-order valence-corrected chi connectivity index (χ3v) is 11.1. The highest BCUT2D eigenvalue weighted by Crippen LogP contribution is 2.41. The molecule has 0 spiro atoms. The first-order valence-corrected chi connectivity index (χ1v) is 19.0. The van der Waals surface area contributed by atoms with Crippen molar-refractivity contribution in [3.63, 3.8) is 0 Å². The number of hydrogen-bond donors (Lipinski definition) is 0. The summed E-state index contributed by atoms with van der Waals surface area (Å²) in [5.74, 6) is 1.63. The summed E-state index contributed by atoms with van der Waals surface area (Å²) in [7, 11) is 0. The molecule has 4 aromatic heterocycles. The standard InChI is InChI=1S/C51H30N4O2/c1-4-13-31(14-5-1)34-24-26-42-39(27-34)40-29-41-37-19-10-11-21-44(37)56-47(41)30-43(40)55(42)51-53-49(33-17-8-3-9-18-33)52-50(54-51)35-23-25-38-46(28-35)57-45-22-12-20-36(48(38)45)32-15-6-2-7-16-32/h1-30H. The first-order chi connectivity index (χ1) is 28.2. The van der Waals surface area contributed by atoms with Crippen LogP contribution in [0.15, 0.2) is 191 Å². The van der Waals surface area contributed by atoms with Crippen molar-refractivity contribution in [1.29, 1.82) is 0 Å². The van der Waals surface area contributed by atoms with Crippen molar-refractivity contribution < 1.29 is 8.83 Å². The number of fused-ring (bicyclic) bond motifs is 9. The highest BCUT2D eigenvalue weighted by atomic mass is 16.3. The van der Waals surface area contributed by atoms with Crippen molar-refractivity contribution >= 4 is 65.7 Å². The number of hydrogen-bond acceptors (Lipinski definition) is 5. The van der Waals surface area contributed by atoms with Crippen molar-refractivity contribution in [2.24, 2.45) is 0 Å². The third kappa shape index (κ3) is 5.01. The van der Waals surface area contributed by atoms with Crippen molar-refractivity contribution in [2.45, 2.75) is 0 Å². The van der Waals surface area contributed by atoms with Gasteiger partial charge in [0.25, 0.3) is 0 Å². The van der Waals surface area contributed by atoms with E-state index < -0.39 is 0 Å². The third-order valence-electron chi connectivity index (χ3n) is 11.1.